The molecule has 18 heavy (non-hydrogen) atoms. The summed E-state index contributed by atoms with van der Waals surface area (Å²) in [6.07, 6.45) is 13.8. The van der Waals surface area contributed by atoms with E-state index in [-0.39, 0.29) is 0 Å². The van der Waals surface area contributed by atoms with E-state index in [1.54, 1.807) is 0 Å². The molecule has 0 fully saturated rings. The maximum atomic E-state index is 4.25. The summed E-state index contributed by atoms with van der Waals surface area (Å²) in [5.41, 5.74) is 3.89. The second-order valence-electron chi connectivity index (χ2n) is 5.49. The number of aromatic amines is 1. The summed E-state index contributed by atoms with van der Waals surface area (Å²) in [5.74, 6) is 0. The van der Waals surface area contributed by atoms with Crippen molar-refractivity contribution in [3.8, 4) is 0 Å². The summed E-state index contributed by atoms with van der Waals surface area (Å²) in [7, 11) is 0. The molecule has 2 heteroatoms. The molecular formula is C16H30N2. The molecule has 0 saturated carbocycles. The summed E-state index contributed by atoms with van der Waals surface area (Å²) in [6, 6.07) is 0. The van der Waals surface area contributed by atoms with Gasteiger partial charge in [0, 0.05) is 5.69 Å². The van der Waals surface area contributed by atoms with Gasteiger partial charge in [0.2, 0.25) is 0 Å². The van der Waals surface area contributed by atoms with Gasteiger partial charge in [-0.25, -0.2) is 0 Å². The number of hydrogen-bond acceptors (Lipinski definition) is 1. The number of rotatable bonds is 10. The highest BCUT2D eigenvalue weighted by Crippen LogP contribution is 2.15. The Morgan fingerprint density at radius 1 is 0.833 bits per heavy atom. The molecule has 0 aliphatic heterocycles. The van der Waals surface area contributed by atoms with Gasteiger partial charge in [-0.3, -0.25) is 5.10 Å². The number of aryl methyl sites for hydroxylation is 2. The van der Waals surface area contributed by atoms with Crippen LogP contribution in [0.2, 0.25) is 0 Å². The molecule has 0 amide bonds. The summed E-state index contributed by atoms with van der Waals surface area (Å²) in [6.45, 7) is 6.51. The number of unbranched alkanes of at least 4 members (excludes halogenated alkanes) is 8. The topological polar surface area (TPSA) is 28.7 Å². The van der Waals surface area contributed by atoms with E-state index in [0.29, 0.717) is 0 Å². The zero-order valence-electron chi connectivity index (χ0n) is 12.5. The van der Waals surface area contributed by atoms with Crippen LogP contribution in [-0.2, 0) is 6.42 Å². The number of nitrogens with one attached hydrogen (secondary N) is 1. The zero-order chi connectivity index (χ0) is 13.2. The van der Waals surface area contributed by atoms with Crippen LogP contribution in [0.25, 0.3) is 0 Å². The average Bonchev–Trinajstić information content (AvgIpc) is 2.68. The minimum atomic E-state index is 1.19. The molecule has 1 rings (SSSR count). The first-order valence-electron chi connectivity index (χ1n) is 7.76. The summed E-state index contributed by atoms with van der Waals surface area (Å²) >= 11 is 0. The monoisotopic (exact) mass is 250 g/mol. The van der Waals surface area contributed by atoms with E-state index in [9.17, 15) is 0 Å². The minimum absolute atomic E-state index is 1.19. The maximum Gasteiger partial charge on any atom is 0.0625 e. The lowest BCUT2D eigenvalue weighted by atomic mass is 10.0. The van der Waals surface area contributed by atoms with E-state index in [4.69, 9.17) is 0 Å². The Hall–Kier alpha value is -0.790. The first-order chi connectivity index (χ1) is 8.75. The van der Waals surface area contributed by atoms with Crippen LogP contribution in [0.1, 0.15) is 81.7 Å². The van der Waals surface area contributed by atoms with Gasteiger partial charge in [0.1, 0.15) is 0 Å². The molecule has 0 aliphatic carbocycles. The average molecular weight is 250 g/mol. The van der Waals surface area contributed by atoms with E-state index in [1.165, 1.54) is 81.2 Å². The highest BCUT2D eigenvalue weighted by atomic mass is 15.1. The molecule has 0 saturated heterocycles. The minimum Gasteiger partial charge on any atom is -0.282 e. The van der Waals surface area contributed by atoms with Gasteiger partial charge < -0.3 is 0 Å². The van der Waals surface area contributed by atoms with Crippen molar-refractivity contribution in [1.82, 2.24) is 10.2 Å². The van der Waals surface area contributed by atoms with Crippen LogP contribution < -0.4 is 0 Å². The van der Waals surface area contributed by atoms with Crippen LogP contribution in [0.5, 0.6) is 0 Å². The van der Waals surface area contributed by atoms with Gasteiger partial charge >= 0.3 is 0 Å². The third kappa shape index (κ3) is 5.70. The van der Waals surface area contributed by atoms with Crippen molar-refractivity contribution < 1.29 is 0 Å². The van der Waals surface area contributed by atoms with Crippen molar-refractivity contribution in [2.45, 2.75) is 85.0 Å². The standard InChI is InChI=1S/C16H30N2/c1-4-5-6-7-8-9-10-11-12-13-16-14(2)17-18-15(16)3/h4-13H2,1-3H3,(H,17,18). The quantitative estimate of drug-likeness (QED) is 0.575. The van der Waals surface area contributed by atoms with Gasteiger partial charge in [-0.05, 0) is 32.3 Å². The molecule has 1 aromatic heterocycles. The zero-order valence-corrected chi connectivity index (χ0v) is 12.5. The molecule has 0 aliphatic rings. The van der Waals surface area contributed by atoms with Gasteiger partial charge in [-0.15, -0.1) is 0 Å². The molecule has 1 N–H and O–H groups in total. The van der Waals surface area contributed by atoms with Gasteiger partial charge in [-0.1, -0.05) is 58.3 Å². The molecule has 0 aromatic carbocycles. The molecular weight excluding hydrogens is 220 g/mol. The Balaban J connectivity index is 1.96. The van der Waals surface area contributed by atoms with Crippen molar-refractivity contribution in [1.29, 1.82) is 0 Å². The summed E-state index contributed by atoms with van der Waals surface area (Å²) in [4.78, 5) is 0. The van der Waals surface area contributed by atoms with E-state index in [1.807, 2.05) is 0 Å². The lowest BCUT2D eigenvalue weighted by Gasteiger charge is -2.03. The van der Waals surface area contributed by atoms with Gasteiger partial charge in [0.25, 0.3) is 0 Å². The summed E-state index contributed by atoms with van der Waals surface area (Å²) < 4.78 is 0. The van der Waals surface area contributed by atoms with Crippen molar-refractivity contribution in [2.24, 2.45) is 0 Å². The number of hydrogen-bond donors (Lipinski definition) is 1. The normalized spacial score (nSPS) is 11.1. The van der Waals surface area contributed by atoms with Crippen molar-refractivity contribution >= 4 is 0 Å². The predicted octanol–water partition coefficient (Wildman–Crippen LogP) is 5.10. The van der Waals surface area contributed by atoms with Crippen LogP contribution >= 0.6 is 0 Å². The molecule has 104 valence electrons. The van der Waals surface area contributed by atoms with E-state index in [2.05, 4.69) is 31.0 Å². The fourth-order valence-electron chi connectivity index (χ4n) is 2.55. The fraction of sp³-hybridized carbons (Fsp3) is 0.812. The Morgan fingerprint density at radius 2 is 1.39 bits per heavy atom. The Labute approximate surface area is 113 Å². The van der Waals surface area contributed by atoms with Crippen LogP contribution in [0, 0.1) is 13.8 Å². The Bertz CT molecular complexity index is 295. The van der Waals surface area contributed by atoms with Crippen LogP contribution in [0.15, 0.2) is 0 Å². The molecule has 0 bridgehead atoms. The highest BCUT2D eigenvalue weighted by Gasteiger charge is 2.04. The molecule has 0 radical (unpaired) electrons. The lowest BCUT2D eigenvalue weighted by Crippen LogP contribution is -1.90. The van der Waals surface area contributed by atoms with Crippen LogP contribution in [-0.4, -0.2) is 10.2 Å². The Morgan fingerprint density at radius 3 is 1.89 bits per heavy atom. The molecule has 1 heterocycles. The van der Waals surface area contributed by atoms with E-state index in [0.717, 1.165) is 0 Å². The van der Waals surface area contributed by atoms with Crippen LogP contribution in [0.3, 0.4) is 0 Å². The molecule has 2 nitrogen and oxygen atoms in total. The predicted molar refractivity (Wildman–Crippen MR) is 79.0 cm³/mol. The maximum absolute atomic E-state index is 4.25. The lowest BCUT2D eigenvalue weighted by molar-refractivity contribution is 0.564. The van der Waals surface area contributed by atoms with E-state index < -0.39 is 0 Å². The first kappa shape index (κ1) is 15.3. The number of H-pyrrole nitrogens is 1. The highest BCUT2D eigenvalue weighted by molar-refractivity contribution is 5.22. The fourth-order valence-corrected chi connectivity index (χ4v) is 2.55. The first-order valence-corrected chi connectivity index (χ1v) is 7.76. The molecule has 0 atom stereocenters. The number of aromatic nitrogens is 2. The summed E-state index contributed by atoms with van der Waals surface area (Å²) in [5, 5.41) is 7.32. The Kier molecular flexibility index (Phi) is 7.79. The molecule has 0 spiro atoms. The van der Waals surface area contributed by atoms with Gasteiger partial charge in [0.15, 0.2) is 0 Å². The third-order valence-electron chi connectivity index (χ3n) is 3.81. The SMILES string of the molecule is CCCCCCCCCCCc1c(C)n[nH]c1C. The second-order valence-corrected chi connectivity index (χ2v) is 5.49. The second kappa shape index (κ2) is 9.18. The van der Waals surface area contributed by atoms with Crippen molar-refractivity contribution in [3.63, 3.8) is 0 Å². The van der Waals surface area contributed by atoms with Gasteiger partial charge in [0.05, 0.1) is 5.69 Å². The molecule has 0 unspecified atom stereocenters. The van der Waals surface area contributed by atoms with Crippen molar-refractivity contribution in [2.75, 3.05) is 0 Å². The van der Waals surface area contributed by atoms with Gasteiger partial charge in [-0.2, -0.15) is 5.10 Å². The molecule has 1 aromatic rings. The number of nitrogens with zero attached hydrogens (tertiary/aromatic N) is 1. The van der Waals surface area contributed by atoms with E-state index >= 15 is 0 Å². The van der Waals surface area contributed by atoms with Crippen LogP contribution in [0.4, 0.5) is 0 Å². The largest absolute Gasteiger partial charge is 0.282 e. The third-order valence-corrected chi connectivity index (χ3v) is 3.81. The van der Waals surface area contributed by atoms with Crippen molar-refractivity contribution in [3.05, 3.63) is 17.0 Å². The smallest absolute Gasteiger partial charge is 0.0625 e.